The molecular weight excluding hydrogens is 346 g/mol. The lowest BCUT2D eigenvalue weighted by molar-refractivity contribution is -0.136. The average Bonchev–Trinajstić information content (AvgIpc) is 2.93. The highest BCUT2D eigenvalue weighted by atomic mass is 19.3. The van der Waals surface area contributed by atoms with Crippen LogP contribution in [-0.4, -0.2) is 47.7 Å². The molecule has 0 saturated carbocycles. The molecule has 0 bridgehead atoms. The predicted octanol–water partition coefficient (Wildman–Crippen LogP) is 0.130. The molecule has 0 aromatic heterocycles. The summed E-state index contributed by atoms with van der Waals surface area (Å²) in [5.41, 5.74) is 7.22. The number of nitrogens with one attached hydrogen (secondary N) is 2. The van der Waals surface area contributed by atoms with E-state index in [2.05, 4.69) is 10.6 Å². The predicted molar refractivity (Wildman–Crippen MR) is 88.2 cm³/mol. The van der Waals surface area contributed by atoms with Gasteiger partial charge in [-0.3, -0.25) is 19.7 Å². The van der Waals surface area contributed by atoms with Gasteiger partial charge in [-0.15, -0.1) is 0 Å². The van der Waals surface area contributed by atoms with E-state index in [1.807, 2.05) is 0 Å². The van der Waals surface area contributed by atoms with Crippen LogP contribution < -0.4 is 16.4 Å². The van der Waals surface area contributed by atoms with Gasteiger partial charge in [-0.25, -0.2) is 8.78 Å². The Balaban J connectivity index is 1.77. The lowest BCUT2D eigenvalue weighted by Gasteiger charge is -2.29. The molecule has 2 aliphatic heterocycles. The Hall–Kier alpha value is -2.39. The van der Waals surface area contributed by atoms with E-state index in [9.17, 15) is 23.2 Å². The number of alkyl halides is 2. The van der Waals surface area contributed by atoms with Crippen molar-refractivity contribution in [3.63, 3.8) is 0 Å². The molecule has 0 spiro atoms. The number of hydrogen-bond acceptors (Lipinski definition) is 5. The second-order valence-electron chi connectivity index (χ2n) is 6.40. The second-order valence-corrected chi connectivity index (χ2v) is 6.40. The van der Waals surface area contributed by atoms with E-state index in [0.717, 1.165) is 0 Å². The van der Waals surface area contributed by atoms with E-state index in [1.165, 1.54) is 4.90 Å². The number of carbonyl (C=O) groups excluding carboxylic acids is 3. The Labute approximate surface area is 148 Å². The minimum Gasteiger partial charge on any atom is -0.329 e. The van der Waals surface area contributed by atoms with E-state index >= 15 is 0 Å². The van der Waals surface area contributed by atoms with Gasteiger partial charge in [0.1, 0.15) is 6.04 Å². The molecule has 2 atom stereocenters. The Morgan fingerprint density at radius 1 is 1.31 bits per heavy atom. The summed E-state index contributed by atoms with van der Waals surface area (Å²) in [7, 11) is 0. The quantitative estimate of drug-likeness (QED) is 0.621. The standard InChI is InChI=1S/C17H20F2N4O3/c18-15(19)12(6-20)21-7-9-2-1-3-10-11(9)8-23(17(10)26)13-4-5-14(24)22-16(13)25/h1-3,12-13,15,21H,4-8,20H2,(H,22,24,25). The number of nitrogens with zero attached hydrogens (tertiary/aromatic N) is 1. The highest BCUT2D eigenvalue weighted by Crippen LogP contribution is 2.29. The van der Waals surface area contributed by atoms with E-state index in [1.54, 1.807) is 18.2 Å². The van der Waals surface area contributed by atoms with Gasteiger partial charge in [0.25, 0.3) is 12.3 Å². The van der Waals surface area contributed by atoms with Crippen LogP contribution in [0.1, 0.15) is 34.3 Å². The summed E-state index contributed by atoms with van der Waals surface area (Å²) in [6.45, 7) is 0.153. The molecule has 7 nitrogen and oxygen atoms in total. The van der Waals surface area contributed by atoms with Crippen molar-refractivity contribution in [1.29, 1.82) is 0 Å². The summed E-state index contributed by atoms with van der Waals surface area (Å²) >= 11 is 0. The first kappa shape index (κ1) is 18.4. The Kier molecular flexibility index (Phi) is 5.28. The van der Waals surface area contributed by atoms with Crippen LogP contribution in [0.5, 0.6) is 0 Å². The molecule has 0 radical (unpaired) electrons. The number of rotatable bonds is 6. The maximum Gasteiger partial charge on any atom is 0.255 e. The third kappa shape index (κ3) is 3.45. The van der Waals surface area contributed by atoms with Crippen molar-refractivity contribution < 1.29 is 23.2 Å². The van der Waals surface area contributed by atoms with Gasteiger partial charge in [0.2, 0.25) is 11.8 Å². The highest BCUT2D eigenvalue weighted by Gasteiger charge is 2.39. The molecule has 140 valence electrons. The molecule has 4 N–H and O–H groups in total. The Bertz CT molecular complexity index is 741. The molecule has 1 saturated heterocycles. The van der Waals surface area contributed by atoms with Crippen molar-refractivity contribution in [2.24, 2.45) is 5.73 Å². The number of nitrogens with two attached hydrogens (primary N) is 1. The number of imide groups is 1. The molecule has 1 aromatic rings. The summed E-state index contributed by atoms with van der Waals surface area (Å²) in [5, 5.41) is 4.96. The van der Waals surface area contributed by atoms with Crippen LogP contribution in [0.2, 0.25) is 0 Å². The molecule has 0 aliphatic carbocycles. The Morgan fingerprint density at radius 3 is 2.73 bits per heavy atom. The largest absolute Gasteiger partial charge is 0.329 e. The number of benzene rings is 1. The first-order valence-electron chi connectivity index (χ1n) is 8.39. The SMILES string of the molecule is NCC(NCc1cccc2c1CN(C1CCC(=O)NC1=O)C2=O)C(F)F. The molecule has 2 unspecified atom stereocenters. The molecule has 26 heavy (non-hydrogen) atoms. The fraction of sp³-hybridized carbons (Fsp3) is 0.471. The fourth-order valence-electron chi connectivity index (χ4n) is 3.33. The van der Waals surface area contributed by atoms with Gasteiger partial charge in [0.15, 0.2) is 0 Å². The average molecular weight is 366 g/mol. The Morgan fingerprint density at radius 2 is 2.08 bits per heavy atom. The zero-order valence-corrected chi connectivity index (χ0v) is 14.0. The maximum atomic E-state index is 12.8. The summed E-state index contributed by atoms with van der Waals surface area (Å²) < 4.78 is 25.7. The van der Waals surface area contributed by atoms with Crippen LogP contribution >= 0.6 is 0 Å². The molecule has 2 heterocycles. The van der Waals surface area contributed by atoms with Gasteiger partial charge >= 0.3 is 0 Å². The lowest BCUT2D eigenvalue weighted by atomic mass is 10.0. The molecule has 9 heteroatoms. The summed E-state index contributed by atoms with van der Waals surface area (Å²) in [5.74, 6) is -1.12. The van der Waals surface area contributed by atoms with Crippen molar-refractivity contribution in [3.05, 3.63) is 34.9 Å². The maximum absolute atomic E-state index is 12.8. The lowest BCUT2D eigenvalue weighted by Crippen LogP contribution is -2.52. The monoisotopic (exact) mass is 366 g/mol. The van der Waals surface area contributed by atoms with Crippen LogP contribution in [0, 0.1) is 0 Å². The highest BCUT2D eigenvalue weighted by molar-refractivity contribution is 6.05. The third-order valence-electron chi connectivity index (χ3n) is 4.79. The van der Waals surface area contributed by atoms with Crippen LogP contribution in [0.25, 0.3) is 0 Å². The number of halogens is 2. The van der Waals surface area contributed by atoms with Crippen molar-refractivity contribution >= 4 is 17.7 Å². The molecule has 3 amide bonds. The second kappa shape index (κ2) is 7.46. The number of fused-ring (bicyclic) bond motifs is 1. The van der Waals surface area contributed by atoms with Crippen molar-refractivity contribution in [2.45, 2.75) is 44.4 Å². The van der Waals surface area contributed by atoms with Crippen LogP contribution in [0.3, 0.4) is 0 Å². The first-order chi connectivity index (χ1) is 12.4. The molecule has 2 aliphatic rings. The fourth-order valence-corrected chi connectivity index (χ4v) is 3.33. The third-order valence-corrected chi connectivity index (χ3v) is 4.79. The zero-order chi connectivity index (χ0) is 18.8. The van der Waals surface area contributed by atoms with E-state index in [-0.39, 0.29) is 44.3 Å². The van der Waals surface area contributed by atoms with Gasteiger partial charge in [0, 0.05) is 31.6 Å². The van der Waals surface area contributed by atoms with Crippen molar-refractivity contribution in [1.82, 2.24) is 15.5 Å². The van der Waals surface area contributed by atoms with Crippen LogP contribution in [-0.2, 0) is 22.7 Å². The summed E-state index contributed by atoms with van der Waals surface area (Å²) in [6.07, 6.45) is -2.13. The minimum atomic E-state index is -2.58. The smallest absolute Gasteiger partial charge is 0.255 e. The zero-order valence-electron chi connectivity index (χ0n) is 14.0. The number of piperidine rings is 1. The van der Waals surface area contributed by atoms with E-state index in [0.29, 0.717) is 16.7 Å². The summed E-state index contributed by atoms with van der Waals surface area (Å²) in [6, 6.07) is 3.26. The van der Waals surface area contributed by atoms with Crippen LogP contribution in [0.4, 0.5) is 8.78 Å². The van der Waals surface area contributed by atoms with Crippen LogP contribution in [0.15, 0.2) is 18.2 Å². The molecule has 1 aromatic carbocycles. The van der Waals surface area contributed by atoms with Gasteiger partial charge in [-0.1, -0.05) is 12.1 Å². The van der Waals surface area contributed by atoms with Crippen molar-refractivity contribution in [2.75, 3.05) is 6.54 Å². The summed E-state index contributed by atoms with van der Waals surface area (Å²) in [4.78, 5) is 37.5. The van der Waals surface area contributed by atoms with E-state index < -0.39 is 24.4 Å². The van der Waals surface area contributed by atoms with Gasteiger partial charge in [-0.2, -0.15) is 0 Å². The normalized spacial score (nSPS) is 21.2. The topological polar surface area (TPSA) is 105 Å². The first-order valence-corrected chi connectivity index (χ1v) is 8.39. The van der Waals surface area contributed by atoms with Gasteiger partial charge in [0.05, 0.1) is 6.04 Å². The number of carbonyl (C=O) groups is 3. The molecule has 3 rings (SSSR count). The van der Waals surface area contributed by atoms with Crippen molar-refractivity contribution in [3.8, 4) is 0 Å². The number of amides is 3. The van der Waals surface area contributed by atoms with Gasteiger partial charge < -0.3 is 16.0 Å². The number of hydrogen-bond donors (Lipinski definition) is 3. The molecule has 1 fully saturated rings. The molecular formula is C17H20F2N4O3. The van der Waals surface area contributed by atoms with E-state index in [4.69, 9.17) is 5.73 Å². The van der Waals surface area contributed by atoms with Gasteiger partial charge in [-0.05, 0) is 23.6 Å². The minimum absolute atomic E-state index is 0.145.